The fraction of sp³-hybridized carbons (Fsp3) is 0.613. The van der Waals surface area contributed by atoms with Crippen LogP contribution in [0.5, 0.6) is 0 Å². The lowest BCUT2D eigenvalue weighted by atomic mass is 9.96. The zero-order valence-corrected chi connectivity index (χ0v) is 26.9. The van der Waals surface area contributed by atoms with Crippen LogP contribution in [-0.4, -0.2) is 63.1 Å². The maximum atomic E-state index is 12.7. The van der Waals surface area contributed by atoms with Gasteiger partial charge in [-0.25, -0.2) is 4.98 Å². The van der Waals surface area contributed by atoms with Crippen LogP contribution in [0.1, 0.15) is 72.5 Å². The van der Waals surface area contributed by atoms with Gasteiger partial charge in [-0.1, -0.05) is 58.8 Å². The lowest BCUT2D eigenvalue weighted by Crippen LogP contribution is -2.35. The van der Waals surface area contributed by atoms with Gasteiger partial charge in [0, 0.05) is 28.6 Å². The summed E-state index contributed by atoms with van der Waals surface area (Å²) >= 11 is 2.60. The zero-order chi connectivity index (χ0) is 28.1. The minimum atomic E-state index is -0.786. The Kier molecular flexibility index (Phi) is 10.4. The molecule has 2 N–H and O–H groups in total. The van der Waals surface area contributed by atoms with Crippen LogP contribution in [0.25, 0.3) is 0 Å². The Labute approximate surface area is 254 Å². The van der Waals surface area contributed by atoms with Gasteiger partial charge in [0.1, 0.15) is 11.9 Å². The van der Waals surface area contributed by atoms with Gasteiger partial charge >= 0.3 is 5.97 Å². The van der Waals surface area contributed by atoms with E-state index >= 15 is 0 Å². The summed E-state index contributed by atoms with van der Waals surface area (Å²) < 4.78 is 11.6. The van der Waals surface area contributed by atoms with Gasteiger partial charge in [-0.15, -0.1) is 9.24 Å². The van der Waals surface area contributed by atoms with Gasteiger partial charge < -0.3 is 19.9 Å². The first-order chi connectivity index (χ1) is 19.3. The number of fused-ring (bicyclic) bond motifs is 1. The average Bonchev–Trinajstić information content (AvgIpc) is 3.64. The van der Waals surface area contributed by atoms with Crippen molar-refractivity contribution in [3.8, 4) is 0 Å². The summed E-state index contributed by atoms with van der Waals surface area (Å²) in [5.74, 6) is 0.714. The first kappa shape index (κ1) is 30.1. The number of anilines is 1. The van der Waals surface area contributed by atoms with Crippen LogP contribution in [0.15, 0.2) is 30.3 Å². The number of benzene rings is 1. The molecule has 7 nitrogen and oxygen atoms in total. The number of rotatable bonds is 12. The Morgan fingerprint density at radius 2 is 2.20 bits per heavy atom. The number of carboxylic acids is 1. The van der Waals surface area contributed by atoms with E-state index in [9.17, 15) is 9.90 Å². The van der Waals surface area contributed by atoms with Crippen LogP contribution in [-0.2, 0) is 33.7 Å². The molecule has 0 amide bonds. The van der Waals surface area contributed by atoms with Crippen LogP contribution in [0, 0.1) is 12.8 Å². The van der Waals surface area contributed by atoms with Gasteiger partial charge in [-0.2, -0.15) is 0 Å². The van der Waals surface area contributed by atoms with Crippen molar-refractivity contribution >= 4 is 43.6 Å². The SMILES string of the molecule is Cc1ccc(CO[C@@H]2CCOC2)c([C@@H](C(=O)O)N2CC[C@@H](C(P)(I)CCCCc3ccc4c(n3)NCCC4)C2)c1. The second-order valence-electron chi connectivity index (χ2n) is 11.7. The molecule has 0 bridgehead atoms. The standard InChI is InChI=1S/C31H43IN3O4P/c1-21-7-8-23(19-39-26-12-16-38-20-26)27(17-21)28(30(36)37)35-15-11-24(18-35)31(32,40)13-3-2-6-25-10-9-22-5-4-14-33-29(22)34-25/h7-10,17,24,26,28H,2-6,11-16,18-20,40H2,1H3,(H,33,34)(H,36,37)/t24-,26-,28+,31?/m1/s1. The van der Waals surface area contributed by atoms with Crippen molar-refractivity contribution in [3.63, 3.8) is 0 Å². The number of carboxylic acid groups (broad SMARTS) is 1. The molecule has 0 aliphatic carbocycles. The van der Waals surface area contributed by atoms with Crippen LogP contribution in [0.4, 0.5) is 5.82 Å². The van der Waals surface area contributed by atoms with E-state index < -0.39 is 12.0 Å². The van der Waals surface area contributed by atoms with Gasteiger partial charge in [0.15, 0.2) is 0 Å². The van der Waals surface area contributed by atoms with Gasteiger partial charge in [-0.3, -0.25) is 9.69 Å². The third kappa shape index (κ3) is 7.54. The summed E-state index contributed by atoms with van der Waals surface area (Å²) in [5, 5.41) is 13.8. The molecule has 3 aliphatic heterocycles. The molecule has 2 fully saturated rings. The second-order valence-corrected chi connectivity index (χ2v) is 15.9. The van der Waals surface area contributed by atoms with Crippen LogP contribution in [0.3, 0.4) is 0 Å². The number of aliphatic carboxylic acids is 1. The molecule has 218 valence electrons. The smallest absolute Gasteiger partial charge is 0.325 e. The molecule has 5 rings (SSSR count). The van der Waals surface area contributed by atoms with Crippen molar-refractivity contribution in [2.75, 3.05) is 38.2 Å². The van der Waals surface area contributed by atoms with Crippen molar-refractivity contribution < 1.29 is 19.4 Å². The van der Waals surface area contributed by atoms with Crippen molar-refractivity contribution in [2.45, 2.75) is 80.2 Å². The number of aromatic nitrogens is 1. The number of carbonyl (C=O) groups is 1. The van der Waals surface area contributed by atoms with Crippen LogP contribution < -0.4 is 5.32 Å². The second kappa shape index (κ2) is 13.8. The molecular weight excluding hydrogens is 636 g/mol. The molecule has 2 unspecified atom stereocenters. The van der Waals surface area contributed by atoms with Gasteiger partial charge in [-0.05, 0) is 87.1 Å². The number of hydrogen-bond donors (Lipinski definition) is 2. The third-order valence-electron chi connectivity index (χ3n) is 8.65. The molecule has 2 saturated heterocycles. The third-order valence-corrected chi connectivity index (χ3v) is 10.8. The Morgan fingerprint density at radius 1 is 1.32 bits per heavy atom. The van der Waals surface area contributed by atoms with Crippen molar-refractivity contribution in [1.82, 2.24) is 9.88 Å². The molecule has 1 aromatic carbocycles. The van der Waals surface area contributed by atoms with Gasteiger partial charge in [0.2, 0.25) is 0 Å². The lowest BCUT2D eigenvalue weighted by Gasteiger charge is -2.31. The molecule has 0 saturated carbocycles. The minimum absolute atomic E-state index is 0.0431. The van der Waals surface area contributed by atoms with E-state index in [1.54, 1.807) is 0 Å². The van der Waals surface area contributed by atoms with Crippen molar-refractivity contribution in [2.24, 2.45) is 5.92 Å². The molecule has 0 spiro atoms. The highest BCUT2D eigenvalue weighted by atomic mass is 127. The van der Waals surface area contributed by atoms with E-state index in [1.165, 1.54) is 17.7 Å². The number of hydrogen-bond acceptors (Lipinski definition) is 6. The number of nitrogens with zero attached hydrogens (tertiary/aromatic N) is 2. The largest absolute Gasteiger partial charge is 0.480 e. The quantitative estimate of drug-likeness (QED) is 0.125. The molecular formula is C31H43IN3O4P. The first-order valence-electron chi connectivity index (χ1n) is 14.8. The Balaban J connectivity index is 1.17. The first-order valence-corrected chi connectivity index (χ1v) is 16.4. The molecule has 4 heterocycles. The maximum Gasteiger partial charge on any atom is 0.325 e. The molecule has 0 radical (unpaired) electrons. The number of nitrogens with one attached hydrogen (secondary N) is 1. The van der Waals surface area contributed by atoms with Gasteiger partial charge in [0.25, 0.3) is 0 Å². The number of unbranched alkanes of at least 4 members (excludes halogenated alkanes) is 1. The van der Waals surface area contributed by atoms with Gasteiger partial charge in [0.05, 0.1) is 19.3 Å². The molecule has 9 heteroatoms. The predicted molar refractivity (Wildman–Crippen MR) is 170 cm³/mol. The monoisotopic (exact) mass is 679 g/mol. The highest BCUT2D eigenvalue weighted by Crippen LogP contribution is 2.46. The zero-order valence-electron chi connectivity index (χ0n) is 23.5. The number of aryl methyl sites for hydroxylation is 3. The maximum absolute atomic E-state index is 12.7. The number of likely N-dealkylation sites (tertiary alicyclic amines) is 1. The Hall–Kier alpha value is -1.32. The van der Waals surface area contributed by atoms with Crippen LogP contribution >= 0.6 is 31.8 Å². The predicted octanol–water partition coefficient (Wildman–Crippen LogP) is 5.92. The number of halogens is 1. The van der Waals surface area contributed by atoms with E-state index in [4.69, 9.17) is 14.5 Å². The highest BCUT2D eigenvalue weighted by Gasteiger charge is 2.41. The summed E-state index contributed by atoms with van der Waals surface area (Å²) in [7, 11) is 3.11. The fourth-order valence-corrected chi connectivity index (χ4v) is 7.63. The van der Waals surface area contributed by atoms with E-state index in [0.29, 0.717) is 19.1 Å². The molecule has 2 aromatic rings. The fourth-order valence-electron chi connectivity index (χ4n) is 6.27. The van der Waals surface area contributed by atoms with E-state index in [0.717, 1.165) is 93.7 Å². The summed E-state index contributed by atoms with van der Waals surface area (Å²) in [6.07, 6.45) is 8.61. The summed E-state index contributed by atoms with van der Waals surface area (Å²) in [5.41, 5.74) is 5.41. The van der Waals surface area contributed by atoms with Crippen LogP contribution in [0.2, 0.25) is 0 Å². The number of pyridine rings is 1. The normalized spacial score (nSPS) is 23.4. The topological polar surface area (TPSA) is 83.9 Å². The van der Waals surface area contributed by atoms with E-state index in [1.807, 2.05) is 25.1 Å². The molecule has 1 aromatic heterocycles. The molecule has 3 aliphatic rings. The van der Waals surface area contributed by atoms with E-state index in [2.05, 4.69) is 54.2 Å². The minimum Gasteiger partial charge on any atom is -0.480 e. The summed E-state index contributed by atoms with van der Waals surface area (Å²) in [4.78, 5) is 19.7. The summed E-state index contributed by atoms with van der Waals surface area (Å²) in [6, 6.07) is 9.89. The van der Waals surface area contributed by atoms with E-state index in [-0.39, 0.29) is 9.27 Å². The average molecular weight is 680 g/mol. The Morgan fingerprint density at radius 3 is 3.00 bits per heavy atom. The molecule has 40 heavy (non-hydrogen) atoms. The number of ether oxygens (including phenoxy) is 2. The highest BCUT2D eigenvalue weighted by molar-refractivity contribution is 14.1. The lowest BCUT2D eigenvalue weighted by molar-refractivity contribution is -0.143. The Bertz CT molecular complexity index is 1170. The summed E-state index contributed by atoms with van der Waals surface area (Å²) in [6.45, 7) is 6.38. The molecule has 5 atom stereocenters. The van der Waals surface area contributed by atoms with Crippen molar-refractivity contribution in [1.29, 1.82) is 0 Å². The van der Waals surface area contributed by atoms with Crippen molar-refractivity contribution in [3.05, 3.63) is 58.3 Å². The number of alkyl halides is 1.